The second-order valence-electron chi connectivity index (χ2n) is 11.1. The largest absolute Gasteiger partial charge is 0.467 e. The first-order valence-corrected chi connectivity index (χ1v) is 15.6. The minimum atomic E-state index is -1.05. The molecule has 260 valence electrons. The standard InChI is InChI=1S/C36H42N4O9/c1-47-34(44)28(19-25-13-7-4-8-14-25)37-31(41)22-40(23-32(42)38-29(35(45)48-2)20-26-15-9-5-10-16-26)24-33(43)39-30(36(46)49-3)21-27-17-11-6-12-18-27/h4-18,28-30H,19-24H2,1-3H3,(H,37,41)(H,38,42)(H,39,43)/t28-,29-,30-/m0/s1. The van der Waals surface area contributed by atoms with E-state index in [2.05, 4.69) is 16.0 Å². The van der Waals surface area contributed by atoms with Crippen molar-refractivity contribution in [2.45, 2.75) is 37.4 Å². The number of carbonyl (C=O) groups is 6. The van der Waals surface area contributed by atoms with Crippen molar-refractivity contribution in [2.24, 2.45) is 0 Å². The third kappa shape index (κ3) is 13.2. The Hall–Kier alpha value is -5.56. The van der Waals surface area contributed by atoms with Crippen LogP contribution in [0.15, 0.2) is 91.0 Å². The Balaban J connectivity index is 1.78. The lowest BCUT2D eigenvalue weighted by Crippen LogP contribution is -2.53. The highest BCUT2D eigenvalue weighted by molar-refractivity contribution is 5.90. The molecule has 0 bridgehead atoms. The van der Waals surface area contributed by atoms with Gasteiger partial charge < -0.3 is 30.2 Å². The molecule has 0 unspecified atom stereocenters. The molecule has 13 heteroatoms. The number of hydrogen-bond acceptors (Lipinski definition) is 10. The normalized spacial score (nSPS) is 12.5. The van der Waals surface area contributed by atoms with Crippen LogP contribution >= 0.6 is 0 Å². The summed E-state index contributed by atoms with van der Waals surface area (Å²) in [6.45, 7) is -1.48. The lowest BCUT2D eigenvalue weighted by molar-refractivity contribution is -0.146. The van der Waals surface area contributed by atoms with Crippen molar-refractivity contribution in [3.63, 3.8) is 0 Å². The fourth-order valence-corrected chi connectivity index (χ4v) is 5.05. The quantitative estimate of drug-likeness (QED) is 0.131. The van der Waals surface area contributed by atoms with Gasteiger partial charge in [-0.3, -0.25) is 19.3 Å². The molecule has 0 aliphatic heterocycles. The number of esters is 3. The Labute approximate surface area is 285 Å². The van der Waals surface area contributed by atoms with Gasteiger partial charge in [0.2, 0.25) is 17.7 Å². The van der Waals surface area contributed by atoms with E-state index >= 15 is 0 Å². The Kier molecular flexibility index (Phi) is 15.4. The minimum Gasteiger partial charge on any atom is -0.467 e. The number of nitrogens with one attached hydrogen (secondary N) is 3. The Morgan fingerprint density at radius 2 is 0.714 bits per heavy atom. The summed E-state index contributed by atoms with van der Waals surface area (Å²) in [5.74, 6) is -4.05. The van der Waals surface area contributed by atoms with Crippen LogP contribution in [-0.4, -0.2) is 99.6 Å². The van der Waals surface area contributed by atoms with E-state index in [4.69, 9.17) is 14.2 Å². The molecule has 0 radical (unpaired) electrons. The van der Waals surface area contributed by atoms with Gasteiger partial charge in [-0.1, -0.05) is 91.0 Å². The summed E-state index contributed by atoms with van der Waals surface area (Å²) >= 11 is 0. The molecule has 0 aliphatic rings. The number of carbonyl (C=O) groups excluding carboxylic acids is 6. The van der Waals surface area contributed by atoms with Crippen molar-refractivity contribution in [3.05, 3.63) is 108 Å². The summed E-state index contributed by atoms with van der Waals surface area (Å²) in [5.41, 5.74) is 2.31. The highest BCUT2D eigenvalue weighted by Gasteiger charge is 2.28. The average molecular weight is 675 g/mol. The maximum atomic E-state index is 13.3. The maximum Gasteiger partial charge on any atom is 0.328 e. The minimum absolute atomic E-state index is 0.140. The highest BCUT2D eigenvalue weighted by Crippen LogP contribution is 2.08. The van der Waals surface area contributed by atoms with Crippen LogP contribution < -0.4 is 16.0 Å². The summed E-state index contributed by atoms with van der Waals surface area (Å²) in [6, 6.07) is 23.9. The van der Waals surface area contributed by atoms with E-state index in [1.807, 2.05) is 18.2 Å². The first kappa shape index (κ1) is 37.9. The molecule has 49 heavy (non-hydrogen) atoms. The fraction of sp³-hybridized carbons (Fsp3) is 0.333. The zero-order valence-corrected chi connectivity index (χ0v) is 27.8. The highest BCUT2D eigenvalue weighted by atomic mass is 16.5. The number of nitrogens with zero attached hydrogens (tertiary/aromatic N) is 1. The number of hydrogen-bond donors (Lipinski definition) is 3. The van der Waals surface area contributed by atoms with Crippen LogP contribution in [0.1, 0.15) is 16.7 Å². The Bertz CT molecular complexity index is 1350. The fourth-order valence-electron chi connectivity index (χ4n) is 5.05. The molecule has 0 saturated carbocycles. The van der Waals surface area contributed by atoms with Crippen molar-refractivity contribution in [1.29, 1.82) is 0 Å². The van der Waals surface area contributed by atoms with Crippen molar-refractivity contribution < 1.29 is 43.0 Å². The smallest absolute Gasteiger partial charge is 0.328 e. The second kappa shape index (κ2) is 20.0. The number of rotatable bonds is 18. The summed E-state index contributed by atoms with van der Waals surface area (Å²) in [4.78, 5) is 78.8. The van der Waals surface area contributed by atoms with Gasteiger partial charge in [0, 0.05) is 19.3 Å². The van der Waals surface area contributed by atoms with Gasteiger partial charge in [0.05, 0.1) is 41.0 Å². The number of methoxy groups -OCH3 is 3. The molecule has 3 amide bonds. The molecule has 0 heterocycles. The molecule has 3 aromatic rings. The third-order valence-electron chi connectivity index (χ3n) is 7.41. The van der Waals surface area contributed by atoms with Crippen LogP contribution in [0.5, 0.6) is 0 Å². The van der Waals surface area contributed by atoms with Crippen LogP contribution in [0.4, 0.5) is 0 Å². The predicted octanol–water partition coefficient (Wildman–Crippen LogP) is 0.990. The Morgan fingerprint density at radius 1 is 0.469 bits per heavy atom. The summed E-state index contributed by atoms with van der Waals surface area (Å²) < 4.78 is 14.7. The molecule has 3 rings (SSSR count). The van der Waals surface area contributed by atoms with Crippen LogP contribution in [-0.2, 0) is 62.2 Å². The van der Waals surface area contributed by atoms with Gasteiger partial charge in [-0.15, -0.1) is 0 Å². The van der Waals surface area contributed by atoms with Crippen LogP contribution in [0.25, 0.3) is 0 Å². The molecule has 3 aromatic carbocycles. The van der Waals surface area contributed by atoms with Gasteiger partial charge in [0.1, 0.15) is 18.1 Å². The van der Waals surface area contributed by atoms with Crippen LogP contribution in [0.3, 0.4) is 0 Å². The molecule has 0 spiro atoms. The van der Waals surface area contributed by atoms with Crippen LogP contribution in [0, 0.1) is 0 Å². The monoisotopic (exact) mass is 674 g/mol. The Morgan fingerprint density at radius 3 is 0.939 bits per heavy atom. The maximum absolute atomic E-state index is 13.3. The van der Waals surface area contributed by atoms with Crippen molar-refractivity contribution in [1.82, 2.24) is 20.9 Å². The molecule has 3 atom stereocenters. The van der Waals surface area contributed by atoms with E-state index in [0.29, 0.717) is 0 Å². The van der Waals surface area contributed by atoms with Gasteiger partial charge in [-0.05, 0) is 16.7 Å². The van der Waals surface area contributed by atoms with Gasteiger partial charge in [-0.2, -0.15) is 0 Å². The van der Waals surface area contributed by atoms with Gasteiger partial charge >= 0.3 is 17.9 Å². The molecular formula is C36H42N4O9. The molecule has 0 fully saturated rings. The molecule has 0 aliphatic carbocycles. The predicted molar refractivity (Wildman–Crippen MR) is 179 cm³/mol. The second-order valence-corrected chi connectivity index (χ2v) is 11.1. The molecule has 0 saturated heterocycles. The third-order valence-corrected chi connectivity index (χ3v) is 7.41. The van der Waals surface area contributed by atoms with Crippen LogP contribution in [0.2, 0.25) is 0 Å². The average Bonchev–Trinajstić information content (AvgIpc) is 3.10. The van der Waals surface area contributed by atoms with E-state index < -0.39 is 73.4 Å². The van der Waals surface area contributed by atoms with Gasteiger partial charge in [0.15, 0.2) is 0 Å². The van der Waals surface area contributed by atoms with E-state index in [-0.39, 0.29) is 19.3 Å². The molecule has 13 nitrogen and oxygen atoms in total. The lowest BCUT2D eigenvalue weighted by atomic mass is 10.1. The summed E-state index contributed by atoms with van der Waals surface area (Å²) in [6.07, 6.45) is 0.419. The first-order chi connectivity index (χ1) is 23.6. The van der Waals surface area contributed by atoms with Gasteiger partial charge in [-0.25, -0.2) is 14.4 Å². The van der Waals surface area contributed by atoms with E-state index in [1.54, 1.807) is 72.8 Å². The van der Waals surface area contributed by atoms with Crippen molar-refractivity contribution >= 4 is 35.6 Å². The lowest BCUT2D eigenvalue weighted by Gasteiger charge is -2.25. The SMILES string of the molecule is COC(=O)[C@H](Cc1ccccc1)NC(=O)CN(CC(=O)N[C@@H](Cc1ccccc1)C(=O)OC)CC(=O)N[C@@H](Cc1ccccc1)C(=O)OC. The molecule has 3 N–H and O–H groups in total. The number of ether oxygens (including phenoxy) is 3. The van der Waals surface area contributed by atoms with Crippen molar-refractivity contribution in [3.8, 4) is 0 Å². The number of amides is 3. The molecule has 0 aromatic heterocycles. The summed E-state index contributed by atoms with van der Waals surface area (Å²) in [5, 5.41) is 7.88. The van der Waals surface area contributed by atoms with E-state index in [1.165, 1.54) is 26.2 Å². The molecular weight excluding hydrogens is 632 g/mol. The van der Waals surface area contributed by atoms with E-state index in [0.717, 1.165) is 16.7 Å². The topological polar surface area (TPSA) is 169 Å². The van der Waals surface area contributed by atoms with Crippen molar-refractivity contribution in [2.75, 3.05) is 41.0 Å². The van der Waals surface area contributed by atoms with E-state index in [9.17, 15) is 28.8 Å². The number of benzene rings is 3. The first-order valence-electron chi connectivity index (χ1n) is 15.6. The van der Waals surface area contributed by atoms with Gasteiger partial charge in [0.25, 0.3) is 0 Å². The summed E-state index contributed by atoms with van der Waals surface area (Å²) in [7, 11) is 3.61. The zero-order valence-electron chi connectivity index (χ0n) is 27.8. The zero-order chi connectivity index (χ0) is 35.6.